The Morgan fingerprint density at radius 3 is 2.36 bits per heavy atom. The molecule has 1 saturated heterocycles. The van der Waals surface area contributed by atoms with Gasteiger partial charge in [-0.2, -0.15) is 0 Å². The average Bonchev–Trinajstić information content (AvgIpc) is 2.99. The number of hydrogen-bond acceptors (Lipinski definition) is 5. The van der Waals surface area contributed by atoms with Gasteiger partial charge in [0.15, 0.2) is 11.6 Å². The van der Waals surface area contributed by atoms with Crippen LogP contribution in [0.25, 0.3) is 0 Å². The molecule has 10 heteroatoms. The minimum Gasteiger partial charge on any atom is -0.507 e. The second kappa shape index (κ2) is 11.0. The molecule has 1 aliphatic rings. The molecule has 1 heterocycles. The summed E-state index contributed by atoms with van der Waals surface area (Å²) in [5, 5.41) is 12.9. The normalized spacial score (nSPS) is 15.7. The molecular formula is C23H27ClFN4O4. The van der Waals surface area contributed by atoms with Crippen LogP contribution in [0.15, 0.2) is 36.4 Å². The summed E-state index contributed by atoms with van der Waals surface area (Å²) < 4.78 is 14.8. The number of likely N-dealkylation sites (tertiary alicyclic amines) is 1. The van der Waals surface area contributed by atoms with E-state index in [-0.39, 0.29) is 35.6 Å². The van der Waals surface area contributed by atoms with Crippen LogP contribution >= 0.6 is 12.4 Å². The van der Waals surface area contributed by atoms with Gasteiger partial charge in [-0.1, -0.05) is 12.1 Å². The van der Waals surface area contributed by atoms with Gasteiger partial charge < -0.3 is 26.0 Å². The number of urea groups is 1. The van der Waals surface area contributed by atoms with Gasteiger partial charge in [0.05, 0.1) is 5.69 Å². The standard InChI is InChI=1S/C23H26FN4O4.ClH/c1-27(2)17-9-10-18(29)19(20(17)24)21(30)14-5-7-15(8-6-14)22(31)26-16-4-3-12-28(13-11-16)23(25)32;/h5-11,16,29H,3-4,12-13H2,1-2H3,(H2,25,32)(H,26,31);1H/t16-;/m0./s1. The smallest absolute Gasteiger partial charge is 0.314 e. The lowest BCUT2D eigenvalue weighted by Gasteiger charge is -2.18. The molecule has 2 aromatic rings. The van der Waals surface area contributed by atoms with Gasteiger partial charge in [-0.3, -0.25) is 9.59 Å². The van der Waals surface area contributed by atoms with E-state index in [0.29, 0.717) is 31.5 Å². The van der Waals surface area contributed by atoms with Crippen LogP contribution in [0.3, 0.4) is 0 Å². The number of anilines is 1. The summed E-state index contributed by atoms with van der Waals surface area (Å²) in [6.45, 7) is 0.891. The van der Waals surface area contributed by atoms with Crippen LogP contribution in [-0.2, 0) is 0 Å². The molecular weight excluding hydrogens is 451 g/mol. The van der Waals surface area contributed by atoms with Crippen LogP contribution in [0.5, 0.6) is 5.75 Å². The predicted molar refractivity (Wildman–Crippen MR) is 125 cm³/mol. The Morgan fingerprint density at radius 1 is 1.12 bits per heavy atom. The van der Waals surface area contributed by atoms with Crippen LogP contribution in [0.1, 0.15) is 39.1 Å². The number of carbonyl (C=O) groups excluding carboxylic acids is 3. The second-order valence-electron chi connectivity index (χ2n) is 7.84. The number of ketones is 1. The van der Waals surface area contributed by atoms with E-state index in [1.165, 1.54) is 46.2 Å². The summed E-state index contributed by atoms with van der Waals surface area (Å²) in [5.41, 5.74) is 5.54. The van der Waals surface area contributed by atoms with E-state index in [0.717, 1.165) is 0 Å². The third-order valence-electron chi connectivity index (χ3n) is 5.40. The van der Waals surface area contributed by atoms with E-state index in [4.69, 9.17) is 5.73 Å². The molecule has 2 aromatic carbocycles. The Bertz CT molecular complexity index is 1030. The molecule has 0 bridgehead atoms. The highest BCUT2D eigenvalue weighted by atomic mass is 35.5. The SMILES string of the molecule is CN(C)c1ccc(O)c(C(=O)c2ccc(C(=O)N[C@@H]3[CH]CN(C(N)=O)CCC3)cc2)c1F.Cl. The minimum atomic E-state index is -0.810. The van der Waals surface area contributed by atoms with Crippen LogP contribution in [0, 0.1) is 12.2 Å². The zero-order chi connectivity index (χ0) is 23.4. The second-order valence-corrected chi connectivity index (χ2v) is 7.84. The van der Waals surface area contributed by atoms with Gasteiger partial charge >= 0.3 is 6.03 Å². The number of nitrogens with two attached hydrogens (primary N) is 1. The Kier molecular flexibility index (Phi) is 8.64. The number of halogens is 2. The van der Waals surface area contributed by atoms with Crippen LogP contribution in [0.4, 0.5) is 14.9 Å². The fourth-order valence-electron chi connectivity index (χ4n) is 3.58. The molecule has 1 radical (unpaired) electrons. The molecule has 3 rings (SSSR count). The molecule has 177 valence electrons. The number of nitrogens with zero attached hydrogens (tertiary/aromatic N) is 2. The molecule has 0 saturated carbocycles. The van der Waals surface area contributed by atoms with E-state index < -0.39 is 28.9 Å². The van der Waals surface area contributed by atoms with Crippen molar-refractivity contribution < 1.29 is 23.9 Å². The molecule has 0 unspecified atom stereocenters. The average molecular weight is 478 g/mol. The first-order valence-electron chi connectivity index (χ1n) is 10.2. The van der Waals surface area contributed by atoms with Crippen LogP contribution < -0.4 is 16.0 Å². The number of aromatic hydroxyl groups is 1. The molecule has 1 aliphatic heterocycles. The topological polar surface area (TPSA) is 116 Å². The fourth-order valence-corrected chi connectivity index (χ4v) is 3.58. The van der Waals surface area contributed by atoms with Gasteiger partial charge in [-0.15, -0.1) is 12.4 Å². The van der Waals surface area contributed by atoms with Crippen LogP contribution in [-0.4, -0.2) is 61.0 Å². The van der Waals surface area contributed by atoms with Crippen molar-refractivity contribution >= 4 is 35.8 Å². The van der Waals surface area contributed by atoms with Crippen molar-refractivity contribution in [1.82, 2.24) is 10.2 Å². The van der Waals surface area contributed by atoms with Gasteiger partial charge in [-0.25, -0.2) is 9.18 Å². The Hall–Kier alpha value is -3.33. The molecule has 1 atom stereocenters. The number of phenols is 1. The van der Waals surface area contributed by atoms with Crippen molar-refractivity contribution in [3.05, 3.63) is 65.3 Å². The molecule has 3 amide bonds. The Labute approximate surface area is 198 Å². The number of amides is 3. The molecule has 0 aromatic heterocycles. The van der Waals surface area contributed by atoms with Crippen molar-refractivity contribution in [2.45, 2.75) is 18.9 Å². The summed E-state index contributed by atoms with van der Waals surface area (Å²) in [4.78, 5) is 39.7. The first kappa shape index (κ1) is 25.9. The summed E-state index contributed by atoms with van der Waals surface area (Å²) in [5.74, 6) is -2.27. The summed E-state index contributed by atoms with van der Waals surface area (Å²) in [7, 11) is 3.27. The highest BCUT2D eigenvalue weighted by Crippen LogP contribution is 2.30. The Balaban J connectivity index is 0.00000385. The lowest BCUT2D eigenvalue weighted by Crippen LogP contribution is -2.39. The molecule has 8 nitrogen and oxygen atoms in total. The third kappa shape index (κ3) is 5.92. The van der Waals surface area contributed by atoms with E-state index >= 15 is 0 Å². The predicted octanol–water partition coefficient (Wildman–Crippen LogP) is 2.73. The van der Waals surface area contributed by atoms with Gasteiger partial charge in [0.2, 0.25) is 0 Å². The number of hydrogen-bond donors (Lipinski definition) is 3. The minimum absolute atomic E-state index is 0. The summed E-state index contributed by atoms with van der Waals surface area (Å²) >= 11 is 0. The first-order chi connectivity index (χ1) is 15.2. The highest BCUT2D eigenvalue weighted by molar-refractivity contribution is 6.11. The monoisotopic (exact) mass is 477 g/mol. The van der Waals surface area contributed by atoms with E-state index in [1.807, 2.05) is 6.42 Å². The number of benzene rings is 2. The Morgan fingerprint density at radius 2 is 1.76 bits per heavy atom. The zero-order valence-corrected chi connectivity index (χ0v) is 19.2. The maximum atomic E-state index is 14.8. The molecule has 1 fully saturated rings. The largest absolute Gasteiger partial charge is 0.507 e. The zero-order valence-electron chi connectivity index (χ0n) is 18.4. The van der Waals surface area contributed by atoms with Crippen LogP contribution in [0.2, 0.25) is 0 Å². The van der Waals surface area contributed by atoms with Crippen molar-refractivity contribution in [2.75, 3.05) is 32.1 Å². The van der Waals surface area contributed by atoms with Crippen molar-refractivity contribution in [3.63, 3.8) is 0 Å². The molecule has 0 aliphatic carbocycles. The lowest BCUT2D eigenvalue weighted by molar-refractivity contribution is 0.0939. The lowest BCUT2D eigenvalue weighted by atomic mass is 9.99. The maximum Gasteiger partial charge on any atom is 0.314 e. The maximum absolute atomic E-state index is 14.8. The molecule has 33 heavy (non-hydrogen) atoms. The van der Waals surface area contributed by atoms with Crippen molar-refractivity contribution in [3.8, 4) is 5.75 Å². The number of primary amides is 1. The summed E-state index contributed by atoms with van der Waals surface area (Å²) in [6, 6.07) is 7.74. The van der Waals surface area contributed by atoms with Gasteiger partial charge in [0, 0.05) is 50.8 Å². The van der Waals surface area contributed by atoms with E-state index in [2.05, 4.69) is 5.32 Å². The summed E-state index contributed by atoms with van der Waals surface area (Å²) in [6.07, 6.45) is 3.21. The highest BCUT2D eigenvalue weighted by Gasteiger charge is 2.24. The first-order valence-corrected chi connectivity index (χ1v) is 10.2. The van der Waals surface area contributed by atoms with E-state index in [1.54, 1.807) is 14.1 Å². The molecule has 0 spiro atoms. The number of phenolic OH excluding ortho intramolecular Hbond substituents is 1. The number of rotatable bonds is 5. The number of nitrogens with one attached hydrogen (secondary N) is 1. The van der Waals surface area contributed by atoms with Gasteiger partial charge in [-0.05, 0) is 37.1 Å². The van der Waals surface area contributed by atoms with Crippen molar-refractivity contribution in [2.24, 2.45) is 5.73 Å². The van der Waals surface area contributed by atoms with E-state index in [9.17, 15) is 23.9 Å². The van der Waals surface area contributed by atoms with Gasteiger partial charge in [0.1, 0.15) is 11.3 Å². The third-order valence-corrected chi connectivity index (χ3v) is 5.40. The van der Waals surface area contributed by atoms with Gasteiger partial charge in [0.25, 0.3) is 5.91 Å². The quantitative estimate of drug-likeness (QED) is 0.572. The molecule has 4 N–H and O–H groups in total. The van der Waals surface area contributed by atoms with Crippen molar-refractivity contribution in [1.29, 1.82) is 0 Å². The fraction of sp³-hybridized carbons (Fsp3) is 0.304. The number of carbonyl (C=O) groups is 3.